The van der Waals surface area contributed by atoms with Crippen LogP contribution in [0.1, 0.15) is 51.9 Å². The number of carbonyl (C=O) groups is 1. The number of hydrogen-bond donors (Lipinski definition) is 0. The zero-order chi connectivity index (χ0) is 15.2. The molecule has 0 radical (unpaired) electrons. The van der Waals surface area contributed by atoms with Crippen LogP contribution >= 0.6 is 0 Å². The second kappa shape index (κ2) is 7.53. The Bertz CT molecular complexity index is 480. The predicted molar refractivity (Wildman–Crippen MR) is 77.0 cm³/mol. The molecule has 1 aromatic rings. The van der Waals surface area contributed by atoms with Crippen molar-refractivity contribution in [3.63, 3.8) is 0 Å². The van der Waals surface area contributed by atoms with Gasteiger partial charge in [0.2, 0.25) is 0 Å². The number of rotatable bonds is 5. The summed E-state index contributed by atoms with van der Waals surface area (Å²) in [6.07, 6.45) is 7.33. The average Bonchev–Trinajstić information content (AvgIpc) is 2.48. The van der Waals surface area contributed by atoms with E-state index in [2.05, 4.69) is 6.92 Å². The van der Waals surface area contributed by atoms with E-state index in [-0.39, 0.29) is 11.7 Å². The third-order valence-corrected chi connectivity index (χ3v) is 4.25. The standard InChI is InChI=1S/C17H22F2O2/c1-2-3-4-12-5-7-13(8-6-12)17(20)21-16-10-9-14(18)11-15(16)19/h9-13H,2-8H2,1H3. The quantitative estimate of drug-likeness (QED) is 0.572. The molecule has 4 heteroatoms. The number of benzene rings is 1. The van der Waals surface area contributed by atoms with Gasteiger partial charge in [0, 0.05) is 6.07 Å². The second-order valence-corrected chi connectivity index (χ2v) is 5.86. The number of unbranched alkanes of at least 4 members (excludes halogenated alkanes) is 1. The minimum atomic E-state index is -0.833. The van der Waals surface area contributed by atoms with Gasteiger partial charge in [-0.2, -0.15) is 0 Å². The van der Waals surface area contributed by atoms with Gasteiger partial charge < -0.3 is 4.74 Å². The van der Waals surface area contributed by atoms with Gasteiger partial charge in [0.1, 0.15) is 5.82 Å². The lowest BCUT2D eigenvalue weighted by molar-refractivity contribution is -0.140. The number of ether oxygens (including phenoxy) is 1. The molecule has 1 saturated carbocycles. The van der Waals surface area contributed by atoms with Crippen LogP contribution in [0, 0.1) is 23.5 Å². The third kappa shape index (κ3) is 4.51. The highest BCUT2D eigenvalue weighted by Gasteiger charge is 2.28. The summed E-state index contributed by atoms with van der Waals surface area (Å²) in [5.74, 6) is -1.54. The van der Waals surface area contributed by atoms with Crippen molar-refractivity contribution < 1.29 is 18.3 Å². The molecule has 0 N–H and O–H groups in total. The monoisotopic (exact) mass is 296 g/mol. The largest absolute Gasteiger partial charge is 0.423 e. The Kier molecular flexibility index (Phi) is 5.71. The van der Waals surface area contributed by atoms with Crippen LogP contribution < -0.4 is 4.74 Å². The summed E-state index contributed by atoms with van der Waals surface area (Å²) in [4.78, 5) is 12.0. The molecule has 1 aliphatic carbocycles. The maximum atomic E-state index is 13.5. The lowest BCUT2D eigenvalue weighted by Crippen LogP contribution is -2.26. The molecule has 2 rings (SSSR count). The van der Waals surface area contributed by atoms with Crippen molar-refractivity contribution >= 4 is 5.97 Å². The van der Waals surface area contributed by atoms with Crippen LogP contribution in [0.5, 0.6) is 5.75 Å². The van der Waals surface area contributed by atoms with E-state index in [1.165, 1.54) is 19.3 Å². The minimum absolute atomic E-state index is 0.160. The molecule has 0 heterocycles. The first-order valence-electron chi connectivity index (χ1n) is 7.77. The summed E-state index contributed by atoms with van der Waals surface area (Å²) in [6, 6.07) is 2.98. The first kappa shape index (κ1) is 15.9. The smallest absolute Gasteiger partial charge is 0.314 e. The Labute approximate surface area is 124 Å². The zero-order valence-electron chi connectivity index (χ0n) is 12.4. The number of hydrogen-bond acceptors (Lipinski definition) is 2. The highest BCUT2D eigenvalue weighted by molar-refractivity contribution is 5.75. The van der Waals surface area contributed by atoms with Crippen molar-refractivity contribution in [2.24, 2.45) is 11.8 Å². The Balaban J connectivity index is 1.84. The average molecular weight is 296 g/mol. The van der Waals surface area contributed by atoms with Gasteiger partial charge in [-0.3, -0.25) is 4.79 Å². The van der Waals surface area contributed by atoms with Crippen LogP contribution in [0.25, 0.3) is 0 Å². The maximum Gasteiger partial charge on any atom is 0.314 e. The van der Waals surface area contributed by atoms with Gasteiger partial charge in [-0.1, -0.05) is 26.2 Å². The minimum Gasteiger partial charge on any atom is -0.423 e. The van der Waals surface area contributed by atoms with E-state index in [1.807, 2.05) is 0 Å². The summed E-state index contributed by atoms with van der Waals surface area (Å²) in [5, 5.41) is 0. The van der Waals surface area contributed by atoms with Crippen molar-refractivity contribution in [2.75, 3.05) is 0 Å². The first-order chi connectivity index (χ1) is 10.1. The summed E-state index contributed by atoms with van der Waals surface area (Å²) in [6.45, 7) is 2.18. The summed E-state index contributed by atoms with van der Waals surface area (Å²) in [7, 11) is 0. The van der Waals surface area contributed by atoms with E-state index in [9.17, 15) is 13.6 Å². The van der Waals surface area contributed by atoms with E-state index in [1.54, 1.807) is 0 Å². The predicted octanol–water partition coefficient (Wildman–Crippen LogP) is 4.87. The molecule has 2 nitrogen and oxygen atoms in total. The normalized spacial score (nSPS) is 22.0. The Morgan fingerprint density at radius 2 is 1.95 bits per heavy atom. The molecule has 0 aromatic heterocycles. The van der Waals surface area contributed by atoms with E-state index in [4.69, 9.17) is 4.74 Å². The van der Waals surface area contributed by atoms with Crippen molar-refractivity contribution in [2.45, 2.75) is 51.9 Å². The first-order valence-corrected chi connectivity index (χ1v) is 7.77. The summed E-state index contributed by atoms with van der Waals surface area (Å²) >= 11 is 0. The van der Waals surface area contributed by atoms with Crippen molar-refractivity contribution in [1.29, 1.82) is 0 Å². The third-order valence-electron chi connectivity index (χ3n) is 4.25. The molecule has 1 aliphatic rings. The molecule has 0 spiro atoms. The SMILES string of the molecule is CCCCC1CCC(C(=O)Oc2ccc(F)cc2F)CC1. The van der Waals surface area contributed by atoms with Crippen LogP contribution in [-0.2, 0) is 4.79 Å². The molecule has 0 amide bonds. The molecular formula is C17H22F2O2. The number of halogens is 2. The van der Waals surface area contributed by atoms with Gasteiger partial charge in [-0.15, -0.1) is 0 Å². The topological polar surface area (TPSA) is 26.3 Å². The van der Waals surface area contributed by atoms with Gasteiger partial charge in [-0.05, 0) is 43.7 Å². The second-order valence-electron chi connectivity index (χ2n) is 5.86. The highest BCUT2D eigenvalue weighted by Crippen LogP contribution is 2.33. The van der Waals surface area contributed by atoms with Crippen LogP contribution in [-0.4, -0.2) is 5.97 Å². The van der Waals surface area contributed by atoms with Crippen LogP contribution in [0.15, 0.2) is 18.2 Å². The molecule has 0 bridgehead atoms. The molecule has 0 unspecified atom stereocenters. The molecular weight excluding hydrogens is 274 g/mol. The van der Waals surface area contributed by atoms with E-state index in [0.29, 0.717) is 5.92 Å². The molecule has 0 atom stereocenters. The molecule has 0 saturated heterocycles. The molecule has 21 heavy (non-hydrogen) atoms. The fourth-order valence-electron chi connectivity index (χ4n) is 2.93. The molecule has 116 valence electrons. The van der Waals surface area contributed by atoms with E-state index in [0.717, 1.165) is 43.9 Å². The Morgan fingerprint density at radius 3 is 2.57 bits per heavy atom. The Hall–Kier alpha value is -1.45. The zero-order valence-corrected chi connectivity index (χ0v) is 12.4. The van der Waals surface area contributed by atoms with Crippen molar-refractivity contribution in [3.05, 3.63) is 29.8 Å². The van der Waals surface area contributed by atoms with Gasteiger partial charge in [0.15, 0.2) is 11.6 Å². The molecule has 0 aliphatic heterocycles. The number of esters is 1. The highest BCUT2D eigenvalue weighted by atomic mass is 19.1. The van der Waals surface area contributed by atoms with E-state index >= 15 is 0 Å². The lowest BCUT2D eigenvalue weighted by Gasteiger charge is -2.27. The van der Waals surface area contributed by atoms with Gasteiger partial charge in [0.05, 0.1) is 5.92 Å². The number of carbonyl (C=O) groups excluding carboxylic acids is 1. The van der Waals surface area contributed by atoms with Gasteiger partial charge in [-0.25, -0.2) is 8.78 Å². The van der Waals surface area contributed by atoms with Gasteiger partial charge in [0.25, 0.3) is 0 Å². The Morgan fingerprint density at radius 1 is 1.24 bits per heavy atom. The van der Waals surface area contributed by atoms with E-state index < -0.39 is 17.6 Å². The maximum absolute atomic E-state index is 13.5. The van der Waals surface area contributed by atoms with Crippen LogP contribution in [0.3, 0.4) is 0 Å². The van der Waals surface area contributed by atoms with Crippen LogP contribution in [0.2, 0.25) is 0 Å². The molecule has 1 fully saturated rings. The summed E-state index contributed by atoms with van der Waals surface area (Å²) in [5.41, 5.74) is 0. The van der Waals surface area contributed by atoms with Crippen molar-refractivity contribution in [1.82, 2.24) is 0 Å². The fourth-order valence-corrected chi connectivity index (χ4v) is 2.93. The van der Waals surface area contributed by atoms with Gasteiger partial charge >= 0.3 is 5.97 Å². The lowest BCUT2D eigenvalue weighted by atomic mass is 9.80. The summed E-state index contributed by atoms with van der Waals surface area (Å²) < 4.78 is 31.3. The van der Waals surface area contributed by atoms with Crippen molar-refractivity contribution in [3.8, 4) is 5.75 Å². The van der Waals surface area contributed by atoms with Crippen LogP contribution in [0.4, 0.5) is 8.78 Å². The fraction of sp³-hybridized carbons (Fsp3) is 0.588. The molecule has 1 aromatic carbocycles.